The molecule has 4 heteroatoms. The molecule has 0 heterocycles. The Kier molecular flexibility index (Phi) is 7.04. The molecule has 29 heavy (non-hydrogen) atoms. The molecule has 1 saturated carbocycles. The third-order valence-electron chi connectivity index (χ3n) is 5.59. The minimum atomic E-state index is -0.433. The molecule has 0 saturated heterocycles. The highest BCUT2D eigenvalue weighted by Crippen LogP contribution is 2.29. The number of unbranched alkanes of at least 4 members (excludes halogenated alkanes) is 1. The highest BCUT2D eigenvalue weighted by Gasteiger charge is 2.34. The summed E-state index contributed by atoms with van der Waals surface area (Å²) in [6, 6.07) is 20.6. The predicted octanol–water partition coefficient (Wildman–Crippen LogP) is 5.74. The fourth-order valence-electron chi connectivity index (χ4n) is 3.85. The summed E-state index contributed by atoms with van der Waals surface area (Å²) in [4.78, 5) is 4.83. The molecule has 0 spiro atoms. The van der Waals surface area contributed by atoms with Crippen molar-refractivity contribution in [1.29, 1.82) is 10.5 Å². The van der Waals surface area contributed by atoms with E-state index in [2.05, 4.69) is 36.5 Å². The monoisotopic (exact) mass is 384 g/mol. The summed E-state index contributed by atoms with van der Waals surface area (Å²) in [7, 11) is 0. The third kappa shape index (κ3) is 5.24. The molecule has 0 aromatic heterocycles. The molecule has 4 nitrogen and oxygen atoms in total. The van der Waals surface area contributed by atoms with Crippen LogP contribution in [0.1, 0.15) is 63.0 Å². The summed E-state index contributed by atoms with van der Waals surface area (Å²) in [5.74, 6) is 0.953. The molecular weight excluding hydrogens is 356 g/mol. The van der Waals surface area contributed by atoms with Gasteiger partial charge >= 0.3 is 0 Å². The first kappa shape index (κ1) is 20.6. The Morgan fingerprint density at radius 3 is 2.45 bits per heavy atom. The molecule has 0 radical (unpaired) electrons. The van der Waals surface area contributed by atoms with Gasteiger partial charge in [-0.15, -0.1) is 0 Å². The number of nitriles is 2. The van der Waals surface area contributed by atoms with Crippen LogP contribution in [0.3, 0.4) is 0 Å². The van der Waals surface area contributed by atoms with Gasteiger partial charge in [0.05, 0.1) is 30.1 Å². The molecular formula is C25H28N4. The lowest BCUT2D eigenvalue weighted by Gasteiger charge is -2.24. The predicted molar refractivity (Wildman–Crippen MR) is 117 cm³/mol. The van der Waals surface area contributed by atoms with E-state index in [1.165, 1.54) is 0 Å². The molecule has 148 valence electrons. The minimum absolute atomic E-state index is 0.433. The number of benzene rings is 2. The van der Waals surface area contributed by atoms with Crippen LogP contribution in [0.15, 0.2) is 53.5 Å². The van der Waals surface area contributed by atoms with Gasteiger partial charge in [-0.1, -0.05) is 55.8 Å². The van der Waals surface area contributed by atoms with Crippen molar-refractivity contribution in [3.05, 3.63) is 59.7 Å². The van der Waals surface area contributed by atoms with Crippen molar-refractivity contribution in [2.24, 2.45) is 4.99 Å². The molecule has 1 fully saturated rings. The molecule has 0 amide bonds. The van der Waals surface area contributed by atoms with Gasteiger partial charge in [-0.25, -0.2) is 0 Å². The lowest BCUT2D eigenvalue weighted by atomic mass is 9.99. The quantitative estimate of drug-likeness (QED) is 0.489. The average Bonchev–Trinajstić information content (AvgIpc) is 3.25. The lowest BCUT2D eigenvalue weighted by Crippen LogP contribution is -2.45. The first-order valence-electron chi connectivity index (χ1n) is 10.5. The summed E-state index contributed by atoms with van der Waals surface area (Å²) in [5.41, 5.74) is 3.36. The Hall–Kier alpha value is -3.11. The molecule has 1 aliphatic carbocycles. The number of amidine groups is 1. The maximum Gasteiger partial charge on any atom is 0.126 e. The summed E-state index contributed by atoms with van der Waals surface area (Å²) in [5, 5.41) is 22.5. The van der Waals surface area contributed by atoms with Crippen molar-refractivity contribution in [2.75, 3.05) is 0 Å². The van der Waals surface area contributed by atoms with Crippen molar-refractivity contribution in [3.63, 3.8) is 0 Å². The Balaban J connectivity index is 1.73. The largest absolute Gasteiger partial charge is 0.356 e. The smallest absolute Gasteiger partial charge is 0.126 e. The van der Waals surface area contributed by atoms with Crippen LogP contribution in [-0.2, 0) is 6.54 Å². The van der Waals surface area contributed by atoms with E-state index in [0.717, 1.165) is 67.5 Å². The molecule has 1 aliphatic rings. The number of hydrogen-bond donors (Lipinski definition) is 1. The molecule has 2 aromatic rings. The van der Waals surface area contributed by atoms with Crippen LogP contribution in [0.4, 0.5) is 0 Å². The highest BCUT2D eigenvalue weighted by atomic mass is 15.1. The zero-order chi connectivity index (χ0) is 20.5. The van der Waals surface area contributed by atoms with Gasteiger partial charge in [-0.05, 0) is 54.9 Å². The van der Waals surface area contributed by atoms with E-state index in [1.807, 2.05) is 36.4 Å². The van der Waals surface area contributed by atoms with Crippen molar-refractivity contribution in [3.8, 4) is 23.3 Å². The zero-order valence-electron chi connectivity index (χ0n) is 17.1. The van der Waals surface area contributed by atoms with Gasteiger partial charge in [0.1, 0.15) is 5.54 Å². The Morgan fingerprint density at radius 2 is 1.79 bits per heavy atom. The number of nitrogens with zero attached hydrogens (tertiary/aromatic N) is 3. The summed E-state index contributed by atoms with van der Waals surface area (Å²) in [6.45, 7) is 2.76. The van der Waals surface area contributed by atoms with Crippen molar-refractivity contribution in [2.45, 2.75) is 64.0 Å². The van der Waals surface area contributed by atoms with Crippen LogP contribution in [0, 0.1) is 22.7 Å². The number of hydrogen-bond acceptors (Lipinski definition) is 3. The van der Waals surface area contributed by atoms with Gasteiger partial charge < -0.3 is 5.32 Å². The first-order chi connectivity index (χ1) is 14.2. The van der Waals surface area contributed by atoms with Gasteiger partial charge in [-0.3, -0.25) is 4.99 Å². The lowest BCUT2D eigenvalue weighted by molar-refractivity contribution is 0.495. The van der Waals surface area contributed by atoms with Gasteiger partial charge in [0.25, 0.3) is 0 Å². The van der Waals surface area contributed by atoms with E-state index in [-0.39, 0.29) is 0 Å². The number of rotatable bonds is 7. The van der Waals surface area contributed by atoms with Crippen LogP contribution in [0.2, 0.25) is 0 Å². The van der Waals surface area contributed by atoms with Gasteiger partial charge in [0, 0.05) is 6.42 Å². The molecule has 0 unspecified atom stereocenters. The van der Waals surface area contributed by atoms with Crippen LogP contribution in [0.25, 0.3) is 11.1 Å². The van der Waals surface area contributed by atoms with E-state index >= 15 is 0 Å². The first-order valence-corrected chi connectivity index (χ1v) is 10.5. The number of nitrogens with one attached hydrogen (secondary N) is 1. The Bertz CT molecular complexity index is 923. The normalized spacial score (nSPS) is 15.5. The molecule has 2 aromatic carbocycles. The van der Waals surface area contributed by atoms with Crippen LogP contribution in [-0.4, -0.2) is 11.4 Å². The van der Waals surface area contributed by atoms with Crippen molar-refractivity contribution < 1.29 is 0 Å². The highest BCUT2D eigenvalue weighted by molar-refractivity contribution is 5.83. The fourth-order valence-corrected chi connectivity index (χ4v) is 3.85. The van der Waals surface area contributed by atoms with Crippen molar-refractivity contribution >= 4 is 5.84 Å². The second-order valence-electron chi connectivity index (χ2n) is 7.75. The summed E-state index contributed by atoms with van der Waals surface area (Å²) < 4.78 is 0. The van der Waals surface area contributed by atoms with E-state index in [0.29, 0.717) is 12.1 Å². The second-order valence-corrected chi connectivity index (χ2v) is 7.75. The zero-order valence-corrected chi connectivity index (χ0v) is 17.1. The molecule has 0 aliphatic heterocycles. The van der Waals surface area contributed by atoms with Crippen LogP contribution < -0.4 is 5.32 Å². The van der Waals surface area contributed by atoms with E-state index in [4.69, 9.17) is 4.99 Å². The second kappa shape index (κ2) is 9.89. The van der Waals surface area contributed by atoms with Gasteiger partial charge in [0.2, 0.25) is 0 Å². The average molecular weight is 385 g/mol. The maximum atomic E-state index is 9.67. The standard InChI is InChI=1S/C25H28N4/c1-2-3-10-24(29-25(19-27)15-6-7-16-25)28-18-20-11-13-21(14-12-20)23-9-5-4-8-22(23)17-26/h4-5,8-9,11-14H,2-3,6-7,10,15-16,18H2,1H3,(H,28,29). The Labute approximate surface area is 173 Å². The van der Waals surface area contributed by atoms with Gasteiger partial charge in [-0.2, -0.15) is 10.5 Å². The SMILES string of the molecule is CCCCC(=NCc1ccc(-c2ccccc2C#N)cc1)NC1(C#N)CCCC1. The molecule has 0 atom stereocenters. The van der Waals surface area contributed by atoms with E-state index in [9.17, 15) is 10.5 Å². The molecule has 3 rings (SSSR count). The summed E-state index contributed by atoms with van der Waals surface area (Å²) in [6.07, 6.45) is 7.07. The van der Waals surface area contributed by atoms with E-state index < -0.39 is 5.54 Å². The van der Waals surface area contributed by atoms with Gasteiger partial charge in [0.15, 0.2) is 0 Å². The molecule has 0 bridgehead atoms. The fraction of sp³-hybridized carbons (Fsp3) is 0.400. The van der Waals surface area contributed by atoms with Crippen molar-refractivity contribution in [1.82, 2.24) is 5.32 Å². The number of aliphatic imine (C=N–C) groups is 1. The minimum Gasteiger partial charge on any atom is -0.356 e. The van der Waals surface area contributed by atoms with Crippen LogP contribution in [0.5, 0.6) is 0 Å². The van der Waals surface area contributed by atoms with E-state index in [1.54, 1.807) is 0 Å². The maximum absolute atomic E-state index is 9.67. The summed E-state index contributed by atoms with van der Waals surface area (Å²) >= 11 is 0. The topological polar surface area (TPSA) is 72.0 Å². The third-order valence-corrected chi connectivity index (χ3v) is 5.59. The van der Waals surface area contributed by atoms with Crippen LogP contribution >= 0.6 is 0 Å². The Morgan fingerprint density at radius 1 is 1.07 bits per heavy atom. The molecule has 1 N–H and O–H groups in total.